The van der Waals surface area contributed by atoms with Gasteiger partial charge in [0.1, 0.15) is 6.54 Å². The van der Waals surface area contributed by atoms with Crippen LogP contribution in [0.2, 0.25) is 5.02 Å². The minimum absolute atomic E-state index is 0.0361. The van der Waals surface area contributed by atoms with E-state index in [4.69, 9.17) is 25.8 Å². The summed E-state index contributed by atoms with van der Waals surface area (Å²) < 4.78 is 18.2. The molecule has 0 N–H and O–H groups in total. The molecule has 0 aliphatic carbocycles. The molecule has 0 atom stereocenters. The number of nitrogens with zero attached hydrogens (tertiary/aromatic N) is 2. The van der Waals surface area contributed by atoms with Gasteiger partial charge in [0.15, 0.2) is 16.3 Å². The van der Waals surface area contributed by atoms with Crippen LogP contribution in [0.25, 0.3) is 10.2 Å². The van der Waals surface area contributed by atoms with E-state index in [1.807, 2.05) is 0 Å². The molecule has 1 amide bonds. The highest BCUT2D eigenvalue weighted by Crippen LogP contribution is 2.32. The van der Waals surface area contributed by atoms with Gasteiger partial charge in [0, 0.05) is 5.02 Å². The van der Waals surface area contributed by atoms with Crippen LogP contribution in [0.4, 0.5) is 0 Å². The van der Waals surface area contributed by atoms with Gasteiger partial charge >= 0.3 is 5.97 Å². The summed E-state index contributed by atoms with van der Waals surface area (Å²) >= 11 is 7.38. The van der Waals surface area contributed by atoms with Gasteiger partial charge in [0.25, 0.3) is 5.91 Å². The van der Waals surface area contributed by atoms with Gasteiger partial charge in [-0.15, -0.1) is 0 Å². The number of ether oxygens (including phenoxy) is 3. The standard InChI is InChI=1S/C20H17ClN2O5S/c1-2-26-19(25)10-23-14-5-4-13(21)9-17(14)29-20(23)22-18(24)8-12-3-6-15-16(7-12)28-11-27-15/h3-7,9H,2,8,10-11H2,1H3. The van der Waals surface area contributed by atoms with Gasteiger partial charge in [-0.3, -0.25) is 9.59 Å². The molecular weight excluding hydrogens is 416 g/mol. The summed E-state index contributed by atoms with van der Waals surface area (Å²) in [5, 5.41) is 0.570. The van der Waals surface area contributed by atoms with Crippen molar-refractivity contribution in [2.24, 2.45) is 4.99 Å². The van der Waals surface area contributed by atoms with Crippen LogP contribution in [0.1, 0.15) is 12.5 Å². The Morgan fingerprint density at radius 2 is 2.03 bits per heavy atom. The van der Waals surface area contributed by atoms with Gasteiger partial charge < -0.3 is 18.8 Å². The fraction of sp³-hybridized carbons (Fsp3) is 0.250. The van der Waals surface area contributed by atoms with Crippen LogP contribution in [0.5, 0.6) is 11.5 Å². The zero-order valence-electron chi connectivity index (χ0n) is 15.5. The molecule has 150 valence electrons. The summed E-state index contributed by atoms with van der Waals surface area (Å²) in [6, 6.07) is 10.7. The Balaban J connectivity index is 1.66. The second-order valence-electron chi connectivity index (χ2n) is 6.26. The van der Waals surface area contributed by atoms with Crippen molar-refractivity contribution in [3.05, 3.63) is 51.8 Å². The van der Waals surface area contributed by atoms with Gasteiger partial charge in [0.05, 0.1) is 23.2 Å². The van der Waals surface area contributed by atoms with Crippen molar-refractivity contribution in [2.45, 2.75) is 19.9 Å². The molecule has 0 saturated carbocycles. The molecule has 2 heterocycles. The highest BCUT2D eigenvalue weighted by Gasteiger charge is 2.16. The van der Waals surface area contributed by atoms with Crippen molar-refractivity contribution in [2.75, 3.05) is 13.4 Å². The third kappa shape index (κ3) is 4.28. The molecule has 1 aromatic heterocycles. The Kier molecular flexibility index (Phi) is 5.55. The number of fused-ring (bicyclic) bond motifs is 2. The molecule has 0 spiro atoms. The Morgan fingerprint density at radius 3 is 2.86 bits per heavy atom. The number of esters is 1. The fourth-order valence-electron chi connectivity index (χ4n) is 2.99. The number of carbonyl (C=O) groups is 2. The second-order valence-corrected chi connectivity index (χ2v) is 7.70. The topological polar surface area (TPSA) is 79.1 Å². The van der Waals surface area contributed by atoms with Crippen LogP contribution in [0.15, 0.2) is 41.4 Å². The minimum atomic E-state index is -0.396. The quantitative estimate of drug-likeness (QED) is 0.578. The van der Waals surface area contributed by atoms with Crippen molar-refractivity contribution >= 4 is 45.0 Å². The molecule has 0 bridgehead atoms. The first-order valence-electron chi connectivity index (χ1n) is 8.94. The number of thiazole rings is 1. The fourth-order valence-corrected chi connectivity index (χ4v) is 4.32. The largest absolute Gasteiger partial charge is 0.465 e. The number of rotatable bonds is 5. The van der Waals surface area contributed by atoms with E-state index in [2.05, 4.69) is 4.99 Å². The maximum absolute atomic E-state index is 12.6. The van der Waals surface area contributed by atoms with Crippen LogP contribution in [0.3, 0.4) is 0 Å². The molecule has 29 heavy (non-hydrogen) atoms. The molecule has 1 aliphatic rings. The molecule has 9 heteroatoms. The van der Waals surface area contributed by atoms with E-state index < -0.39 is 5.97 Å². The SMILES string of the molecule is CCOC(=O)Cn1c(=NC(=O)Cc2ccc3c(c2)OCO3)sc2cc(Cl)ccc21. The average Bonchev–Trinajstić information content (AvgIpc) is 3.26. The lowest BCUT2D eigenvalue weighted by molar-refractivity contribution is -0.143. The Hall–Kier alpha value is -2.84. The van der Waals surface area contributed by atoms with Gasteiger partial charge in [-0.1, -0.05) is 29.0 Å². The third-order valence-electron chi connectivity index (χ3n) is 4.25. The van der Waals surface area contributed by atoms with Gasteiger partial charge in [-0.25, -0.2) is 0 Å². The Labute approximate surface area is 175 Å². The highest BCUT2D eigenvalue weighted by molar-refractivity contribution is 7.16. The van der Waals surface area contributed by atoms with Crippen molar-refractivity contribution < 1.29 is 23.8 Å². The number of amides is 1. The number of hydrogen-bond acceptors (Lipinski definition) is 6. The van der Waals surface area contributed by atoms with E-state index in [0.717, 1.165) is 15.8 Å². The third-order valence-corrected chi connectivity index (χ3v) is 5.53. The first kappa shape index (κ1) is 19.5. The van der Waals surface area contributed by atoms with Crippen molar-refractivity contribution in [1.82, 2.24) is 4.57 Å². The van der Waals surface area contributed by atoms with Gasteiger partial charge in [0.2, 0.25) is 6.79 Å². The first-order chi connectivity index (χ1) is 14.0. The summed E-state index contributed by atoms with van der Waals surface area (Å²) in [5.41, 5.74) is 1.53. The molecule has 0 unspecified atom stereocenters. The van der Waals surface area contributed by atoms with E-state index in [1.165, 1.54) is 11.3 Å². The average molecular weight is 433 g/mol. The van der Waals surface area contributed by atoms with Crippen molar-refractivity contribution in [3.63, 3.8) is 0 Å². The van der Waals surface area contributed by atoms with Crippen LogP contribution in [-0.2, 0) is 27.3 Å². The number of benzene rings is 2. The lowest BCUT2D eigenvalue weighted by atomic mass is 10.1. The monoisotopic (exact) mass is 432 g/mol. The number of aromatic nitrogens is 1. The maximum Gasteiger partial charge on any atom is 0.326 e. The normalized spacial score (nSPS) is 13.1. The van der Waals surface area contributed by atoms with E-state index in [0.29, 0.717) is 21.3 Å². The van der Waals surface area contributed by atoms with E-state index >= 15 is 0 Å². The Bertz CT molecular complexity index is 1170. The molecule has 7 nitrogen and oxygen atoms in total. The zero-order valence-corrected chi connectivity index (χ0v) is 17.1. The predicted molar refractivity (Wildman–Crippen MR) is 108 cm³/mol. The Morgan fingerprint density at radius 1 is 1.21 bits per heavy atom. The number of halogens is 1. The molecule has 2 aromatic carbocycles. The van der Waals surface area contributed by atoms with E-state index in [1.54, 1.807) is 47.9 Å². The van der Waals surface area contributed by atoms with Gasteiger partial charge in [-0.05, 0) is 42.8 Å². The highest BCUT2D eigenvalue weighted by atomic mass is 35.5. The molecule has 3 aromatic rings. The lowest BCUT2D eigenvalue weighted by Crippen LogP contribution is -2.23. The first-order valence-corrected chi connectivity index (χ1v) is 10.1. The second kappa shape index (κ2) is 8.26. The van der Waals surface area contributed by atoms with Crippen molar-refractivity contribution in [3.8, 4) is 11.5 Å². The lowest BCUT2D eigenvalue weighted by Gasteiger charge is -2.05. The summed E-state index contributed by atoms with van der Waals surface area (Å²) in [5.74, 6) is 0.543. The van der Waals surface area contributed by atoms with Crippen LogP contribution in [0, 0.1) is 0 Å². The smallest absolute Gasteiger partial charge is 0.326 e. The summed E-state index contributed by atoms with van der Waals surface area (Å²) in [4.78, 5) is 29.3. The molecule has 1 aliphatic heterocycles. The van der Waals surface area contributed by atoms with E-state index in [-0.39, 0.29) is 32.3 Å². The minimum Gasteiger partial charge on any atom is -0.465 e. The zero-order chi connectivity index (χ0) is 20.4. The predicted octanol–water partition coefficient (Wildman–Crippen LogP) is 3.32. The maximum atomic E-state index is 12.6. The molecule has 4 rings (SSSR count). The molecule has 0 saturated heterocycles. The summed E-state index contributed by atoms with van der Waals surface area (Å²) in [7, 11) is 0. The van der Waals surface area contributed by atoms with Crippen LogP contribution < -0.4 is 14.3 Å². The van der Waals surface area contributed by atoms with Crippen LogP contribution in [-0.4, -0.2) is 29.8 Å². The number of carbonyl (C=O) groups excluding carboxylic acids is 2. The number of hydrogen-bond donors (Lipinski definition) is 0. The summed E-state index contributed by atoms with van der Waals surface area (Å²) in [6.45, 7) is 2.16. The molecule has 0 fully saturated rings. The molecular formula is C20H17ClN2O5S. The van der Waals surface area contributed by atoms with E-state index in [9.17, 15) is 9.59 Å². The molecule has 0 radical (unpaired) electrons. The summed E-state index contributed by atoms with van der Waals surface area (Å²) in [6.07, 6.45) is 0.102. The van der Waals surface area contributed by atoms with Gasteiger partial charge in [-0.2, -0.15) is 4.99 Å². The van der Waals surface area contributed by atoms with Crippen molar-refractivity contribution in [1.29, 1.82) is 0 Å². The van der Waals surface area contributed by atoms with Crippen LogP contribution >= 0.6 is 22.9 Å².